The molecule has 0 aromatic heterocycles. The van der Waals surface area contributed by atoms with Crippen LogP contribution >= 0.6 is 0 Å². The van der Waals surface area contributed by atoms with Gasteiger partial charge < -0.3 is 5.32 Å². The number of carbonyl (C=O) groups is 1. The summed E-state index contributed by atoms with van der Waals surface area (Å²) in [4.78, 5) is 16.5. The maximum atomic E-state index is 14.2. The predicted octanol–water partition coefficient (Wildman–Crippen LogP) is 4.13. The topological polar surface area (TPSA) is 35.6 Å². The minimum atomic E-state index is -0.354. The molecule has 2 aliphatic rings. The van der Waals surface area contributed by atoms with Gasteiger partial charge in [0, 0.05) is 5.54 Å². The molecule has 0 bridgehead atoms. The number of hydrogen-bond donors (Lipinski definition) is 1. The Labute approximate surface area is 160 Å². The van der Waals surface area contributed by atoms with E-state index in [2.05, 4.69) is 48.6 Å². The van der Waals surface area contributed by atoms with Gasteiger partial charge >= 0.3 is 6.03 Å². The number of para-hydroxylation sites is 1. The number of urea groups is 1. The number of nitrogens with one attached hydrogen (secondary N) is 1. The molecular formula is C22H26FN3O. The van der Waals surface area contributed by atoms with E-state index < -0.39 is 0 Å². The van der Waals surface area contributed by atoms with Crippen LogP contribution in [-0.4, -0.2) is 37.1 Å². The molecule has 2 fully saturated rings. The lowest BCUT2D eigenvalue weighted by atomic mass is 9.69. The fraction of sp³-hybridized carbons (Fsp3) is 0.409. The van der Waals surface area contributed by atoms with Crippen molar-refractivity contribution in [3.8, 4) is 0 Å². The number of nitrogens with zero attached hydrogens (tertiary/aromatic N) is 2. The van der Waals surface area contributed by atoms with Crippen molar-refractivity contribution in [3.63, 3.8) is 0 Å². The second kappa shape index (κ2) is 6.64. The molecule has 27 heavy (non-hydrogen) atoms. The lowest BCUT2D eigenvalue weighted by Crippen LogP contribution is -2.54. The Morgan fingerprint density at radius 2 is 1.59 bits per heavy atom. The first-order chi connectivity index (χ1) is 13.0. The Morgan fingerprint density at radius 1 is 0.963 bits per heavy atom. The minimum Gasteiger partial charge on any atom is -0.330 e. The van der Waals surface area contributed by atoms with E-state index in [9.17, 15) is 9.18 Å². The smallest absolute Gasteiger partial charge is 0.322 e. The molecule has 0 radical (unpaired) electrons. The lowest BCUT2D eigenvalue weighted by molar-refractivity contribution is 0.0657. The molecule has 0 atom stereocenters. The summed E-state index contributed by atoms with van der Waals surface area (Å²) < 4.78 is 14.2. The van der Waals surface area contributed by atoms with Gasteiger partial charge in [0.2, 0.25) is 0 Å². The van der Waals surface area contributed by atoms with E-state index in [1.807, 2.05) is 6.07 Å². The highest BCUT2D eigenvalue weighted by Gasteiger charge is 2.50. The summed E-state index contributed by atoms with van der Waals surface area (Å²) in [7, 11) is 4.26. The average molecular weight is 367 g/mol. The highest BCUT2D eigenvalue weighted by atomic mass is 19.1. The Morgan fingerprint density at radius 3 is 2.22 bits per heavy atom. The van der Waals surface area contributed by atoms with Crippen LogP contribution in [0.2, 0.25) is 0 Å². The summed E-state index contributed by atoms with van der Waals surface area (Å²) >= 11 is 0. The second-order valence-electron chi connectivity index (χ2n) is 8.04. The van der Waals surface area contributed by atoms with Crippen molar-refractivity contribution >= 4 is 11.7 Å². The Hall–Kier alpha value is -2.40. The van der Waals surface area contributed by atoms with Gasteiger partial charge in [0.1, 0.15) is 5.82 Å². The third-order valence-electron chi connectivity index (χ3n) is 6.42. The normalized spacial score (nSPS) is 28.0. The minimum absolute atomic E-state index is 0.0251. The van der Waals surface area contributed by atoms with Crippen molar-refractivity contribution in [1.82, 2.24) is 10.2 Å². The number of hydrogen-bond acceptors (Lipinski definition) is 2. The summed E-state index contributed by atoms with van der Waals surface area (Å²) in [6.45, 7) is 0.519. The van der Waals surface area contributed by atoms with Crippen LogP contribution < -0.4 is 10.2 Å². The van der Waals surface area contributed by atoms with Crippen LogP contribution in [0.3, 0.4) is 0 Å². The molecule has 1 saturated carbocycles. The Bertz CT molecular complexity index is 828. The number of rotatable bonds is 3. The van der Waals surface area contributed by atoms with E-state index in [-0.39, 0.29) is 22.9 Å². The van der Waals surface area contributed by atoms with Crippen molar-refractivity contribution in [2.24, 2.45) is 0 Å². The zero-order valence-electron chi connectivity index (χ0n) is 15.9. The van der Waals surface area contributed by atoms with E-state index in [4.69, 9.17) is 0 Å². The molecule has 1 N–H and O–H groups in total. The van der Waals surface area contributed by atoms with Gasteiger partial charge in [0.15, 0.2) is 0 Å². The first-order valence-electron chi connectivity index (χ1n) is 9.53. The summed E-state index contributed by atoms with van der Waals surface area (Å²) in [6.07, 6.45) is 3.65. The molecule has 2 aromatic rings. The highest BCUT2D eigenvalue weighted by Crippen LogP contribution is 2.46. The van der Waals surface area contributed by atoms with Gasteiger partial charge in [-0.15, -0.1) is 0 Å². The molecular weight excluding hydrogens is 341 g/mol. The molecule has 5 heteroatoms. The van der Waals surface area contributed by atoms with E-state index in [0.717, 1.165) is 25.7 Å². The maximum absolute atomic E-state index is 14.2. The molecule has 1 saturated heterocycles. The molecule has 1 aliphatic heterocycles. The van der Waals surface area contributed by atoms with Crippen LogP contribution in [-0.2, 0) is 5.54 Å². The van der Waals surface area contributed by atoms with Gasteiger partial charge in [-0.05, 0) is 57.5 Å². The van der Waals surface area contributed by atoms with Gasteiger partial charge in [-0.3, -0.25) is 9.80 Å². The third kappa shape index (κ3) is 3.00. The highest BCUT2D eigenvalue weighted by molar-refractivity contribution is 5.95. The summed E-state index contributed by atoms with van der Waals surface area (Å²) in [6, 6.07) is 16.9. The molecule has 4 nitrogen and oxygen atoms in total. The van der Waals surface area contributed by atoms with E-state index in [1.165, 1.54) is 11.6 Å². The van der Waals surface area contributed by atoms with Crippen molar-refractivity contribution in [2.45, 2.75) is 36.8 Å². The van der Waals surface area contributed by atoms with Crippen LogP contribution in [0.5, 0.6) is 0 Å². The van der Waals surface area contributed by atoms with Gasteiger partial charge in [-0.1, -0.05) is 42.5 Å². The van der Waals surface area contributed by atoms with E-state index >= 15 is 0 Å². The number of halogens is 1. The SMILES string of the molecule is CN(C)[C@]1(c2ccccc2)CC[C@@]2(CC1)CN(c1ccccc1F)C(=O)N2. The average Bonchev–Trinajstić information content (AvgIpc) is 2.99. The molecule has 1 heterocycles. The van der Waals surface area contributed by atoms with E-state index in [1.54, 1.807) is 23.1 Å². The van der Waals surface area contributed by atoms with Crippen molar-refractivity contribution in [1.29, 1.82) is 0 Å². The fourth-order valence-corrected chi connectivity index (χ4v) is 4.74. The van der Waals surface area contributed by atoms with Crippen LogP contribution in [0.15, 0.2) is 54.6 Å². The molecule has 2 amide bonds. The Kier molecular flexibility index (Phi) is 4.42. The maximum Gasteiger partial charge on any atom is 0.322 e. The molecule has 142 valence electrons. The van der Waals surface area contributed by atoms with Gasteiger partial charge in [-0.25, -0.2) is 9.18 Å². The molecule has 1 spiro atoms. The zero-order valence-corrected chi connectivity index (χ0v) is 15.9. The predicted molar refractivity (Wildman–Crippen MR) is 105 cm³/mol. The fourth-order valence-electron chi connectivity index (χ4n) is 4.74. The van der Waals surface area contributed by atoms with Crippen molar-refractivity contribution in [2.75, 3.05) is 25.5 Å². The molecule has 0 unspecified atom stereocenters. The number of carbonyl (C=O) groups excluding carboxylic acids is 1. The van der Waals surface area contributed by atoms with Crippen molar-refractivity contribution < 1.29 is 9.18 Å². The summed E-state index contributed by atoms with van der Waals surface area (Å²) in [5.74, 6) is -0.354. The second-order valence-corrected chi connectivity index (χ2v) is 8.04. The summed E-state index contributed by atoms with van der Waals surface area (Å²) in [5.41, 5.74) is 1.37. The van der Waals surface area contributed by atoms with Crippen LogP contribution in [0.25, 0.3) is 0 Å². The Balaban J connectivity index is 1.57. The number of anilines is 1. The largest absolute Gasteiger partial charge is 0.330 e. The standard InChI is InChI=1S/C22H26FN3O/c1-25(2)22(17-8-4-3-5-9-17)14-12-21(13-15-22)16-26(20(27)24-21)19-11-7-6-10-18(19)23/h3-11H,12-16H2,1-2H3,(H,24,27)/t21-,22-. The van der Waals surface area contributed by atoms with Gasteiger partial charge in [0.05, 0.1) is 17.8 Å². The van der Waals surface area contributed by atoms with Crippen LogP contribution in [0.1, 0.15) is 31.2 Å². The van der Waals surface area contributed by atoms with E-state index in [0.29, 0.717) is 12.2 Å². The first kappa shape index (κ1) is 18.0. The van der Waals surface area contributed by atoms with Crippen LogP contribution in [0.4, 0.5) is 14.9 Å². The van der Waals surface area contributed by atoms with Gasteiger partial charge in [-0.2, -0.15) is 0 Å². The number of amides is 2. The van der Waals surface area contributed by atoms with Gasteiger partial charge in [0.25, 0.3) is 0 Å². The zero-order chi connectivity index (χ0) is 19.1. The number of benzene rings is 2. The molecule has 1 aliphatic carbocycles. The van der Waals surface area contributed by atoms with Crippen molar-refractivity contribution in [3.05, 3.63) is 66.0 Å². The quantitative estimate of drug-likeness (QED) is 0.886. The third-order valence-corrected chi connectivity index (χ3v) is 6.42. The molecule has 4 rings (SSSR count). The lowest BCUT2D eigenvalue weighted by Gasteiger charge is -2.48. The summed E-state index contributed by atoms with van der Waals surface area (Å²) in [5, 5.41) is 3.17. The van der Waals surface area contributed by atoms with Crippen LogP contribution in [0, 0.1) is 5.82 Å². The first-order valence-corrected chi connectivity index (χ1v) is 9.53. The monoisotopic (exact) mass is 367 g/mol. The molecule has 2 aromatic carbocycles.